The molecule has 0 amide bonds. The third-order valence-corrected chi connectivity index (χ3v) is 4.32. The van der Waals surface area contributed by atoms with Crippen LogP contribution in [0.1, 0.15) is 42.9 Å². The number of rotatable bonds is 6. The second-order valence-corrected chi connectivity index (χ2v) is 6.40. The fourth-order valence-electron chi connectivity index (χ4n) is 2.07. The van der Waals surface area contributed by atoms with Crippen LogP contribution in [0.15, 0.2) is 11.0 Å². The minimum Gasteiger partial charge on any atom is -0.493 e. The van der Waals surface area contributed by atoms with E-state index < -0.39 is 10.0 Å². The zero-order valence-electron chi connectivity index (χ0n) is 12.1. The van der Waals surface area contributed by atoms with Crippen LogP contribution >= 0.6 is 0 Å². The van der Waals surface area contributed by atoms with Gasteiger partial charge in [-0.2, -0.15) is 0 Å². The predicted octanol–water partition coefficient (Wildman–Crippen LogP) is 2.83. The number of ether oxygens (including phenoxy) is 1. The molecule has 1 aromatic rings. The van der Waals surface area contributed by atoms with Crippen molar-refractivity contribution in [3.05, 3.63) is 22.8 Å². The minimum absolute atomic E-state index is 0.184. The lowest BCUT2D eigenvalue weighted by Crippen LogP contribution is -2.15. The summed E-state index contributed by atoms with van der Waals surface area (Å²) in [5.41, 5.74) is 2.32. The summed E-state index contributed by atoms with van der Waals surface area (Å²) in [7, 11) is -3.68. The van der Waals surface area contributed by atoms with E-state index >= 15 is 0 Å². The summed E-state index contributed by atoms with van der Waals surface area (Å²) in [5, 5.41) is 5.22. The van der Waals surface area contributed by atoms with Crippen molar-refractivity contribution in [3.8, 4) is 5.75 Å². The highest BCUT2D eigenvalue weighted by atomic mass is 32.2. The predicted molar refractivity (Wildman–Crippen MR) is 77.0 cm³/mol. The first kappa shape index (κ1) is 16.0. The molecule has 0 saturated heterocycles. The number of sulfonamides is 1. The van der Waals surface area contributed by atoms with Gasteiger partial charge in [-0.15, -0.1) is 0 Å². The summed E-state index contributed by atoms with van der Waals surface area (Å²) in [6.07, 6.45) is 3.28. The van der Waals surface area contributed by atoms with E-state index in [-0.39, 0.29) is 4.90 Å². The van der Waals surface area contributed by atoms with Gasteiger partial charge >= 0.3 is 0 Å². The summed E-state index contributed by atoms with van der Waals surface area (Å²) < 4.78 is 28.8. The molecule has 5 heteroatoms. The van der Waals surface area contributed by atoms with E-state index in [9.17, 15) is 8.42 Å². The number of aryl methyl sites for hydroxylation is 1. The zero-order chi connectivity index (χ0) is 14.6. The third-order valence-electron chi connectivity index (χ3n) is 3.28. The topological polar surface area (TPSA) is 69.4 Å². The Bertz CT molecular complexity index is 550. The number of hydrogen-bond acceptors (Lipinski definition) is 3. The standard InChI is InChI=1S/C14H23NO3S/c1-5-6-7-8-18-14-10(2)9-13(19(15,16)17)11(3)12(14)4/h9H,5-8H2,1-4H3,(H2,15,16,17). The molecule has 0 fully saturated rings. The van der Waals surface area contributed by atoms with Crippen molar-refractivity contribution in [2.24, 2.45) is 5.14 Å². The molecule has 4 nitrogen and oxygen atoms in total. The molecule has 0 aliphatic rings. The van der Waals surface area contributed by atoms with E-state index in [2.05, 4.69) is 6.92 Å². The molecule has 0 aromatic heterocycles. The van der Waals surface area contributed by atoms with Crippen molar-refractivity contribution in [3.63, 3.8) is 0 Å². The Kier molecular flexibility index (Phi) is 5.38. The highest BCUT2D eigenvalue weighted by molar-refractivity contribution is 7.89. The van der Waals surface area contributed by atoms with Crippen molar-refractivity contribution < 1.29 is 13.2 Å². The van der Waals surface area contributed by atoms with Crippen molar-refractivity contribution in [1.29, 1.82) is 0 Å². The maximum absolute atomic E-state index is 11.5. The fourth-order valence-corrected chi connectivity index (χ4v) is 2.99. The quantitative estimate of drug-likeness (QED) is 0.817. The van der Waals surface area contributed by atoms with Crippen LogP contribution < -0.4 is 9.88 Å². The smallest absolute Gasteiger partial charge is 0.238 e. The Hall–Kier alpha value is -1.07. The summed E-state index contributed by atoms with van der Waals surface area (Å²) >= 11 is 0. The van der Waals surface area contributed by atoms with Gasteiger partial charge in [-0.3, -0.25) is 0 Å². The lowest BCUT2D eigenvalue weighted by atomic mass is 10.1. The van der Waals surface area contributed by atoms with E-state index in [1.54, 1.807) is 13.0 Å². The Morgan fingerprint density at radius 2 is 1.79 bits per heavy atom. The number of unbranched alkanes of at least 4 members (excludes halogenated alkanes) is 2. The largest absolute Gasteiger partial charge is 0.493 e. The van der Waals surface area contributed by atoms with Gasteiger partial charge in [0.2, 0.25) is 10.0 Å². The molecular formula is C14H23NO3S. The van der Waals surface area contributed by atoms with Crippen LogP contribution in [-0.4, -0.2) is 15.0 Å². The van der Waals surface area contributed by atoms with Crippen molar-refractivity contribution in [2.75, 3.05) is 6.61 Å². The summed E-state index contributed by atoms with van der Waals surface area (Å²) in [6, 6.07) is 1.59. The SMILES string of the molecule is CCCCCOc1c(C)cc(S(N)(=O)=O)c(C)c1C. The Morgan fingerprint density at radius 1 is 1.16 bits per heavy atom. The molecule has 1 aromatic carbocycles. The lowest BCUT2D eigenvalue weighted by molar-refractivity contribution is 0.302. The molecule has 0 bridgehead atoms. The van der Waals surface area contributed by atoms with Crippen LogP contribution in [0.5, 0.6) is 5.75 Å². The molecule has 0 aliphatic carbocycles. The lowest BCUT2D eigenvalue weighted by Gasteiger charge is -2.16. The number of nitrogens with two attached hydrogens (primary N) is 1. The van der Waals surface area contributed by atoms with Crippen LogP contribution in [0.25, 0.3) is 0 Å². The Morgan fingerprint density at radius 3 is 2.32 bits per heavy atom. The number of primary sulfonamides is 1. The first-order chi connectivity index (χ1) is 8.79. The third kappa shape index (κ3) is 3.94. The summed E-state index contributed by atoms with van der Waals surface area (Å²) in [5.74, 6) is 0.779. The maximum Gasteiger partial charge on any atom is 0.238 e. The van der Waals surface area contributed by atoms with Crippen molar-refractivity contribution in [2.45, 2.75) is 51.9 Å². The fraction of sp³-hybridized carbons (Fsp3) is 0.571. The first-order valence-corrected chi connectivity index (χ1v) is 8.10. The Balaban J connectivity index is 3.06. The molecule has 0 saturated carbocycles. The monoisotopic (exact) mass is 285 g/mol. The van der Waals surface area contributed by atoms with Crippen molar-refractivity contribution in [1.82, 2.24) is 0 Å². The average Bonchev–Trinajstić information content (AvgIpc) is 2.31. The molecule has 19 heavy (non-hydrogen) atoms. The second kappa shape index (κ2) is 6.39. The van der Waals surface area contributed by atoms with Gasteiger partial charge in [0.05, 0.1) is 11.5 Å². The summed E-state index contributed by atoms with van der Waals surface area (Å²) in [4.78, 5) is 0.184. The number of hydrogen-bond donors (Lipinski definition) is 1. The normalized spacial score (nSPS) is 11.6. The van der Waals surface area contributed by atoms with Gasteiger partial charge in [0.15, 0.2) is 0 Å². The highest BCUT2D eigenvalue weighted by Gasteiger charge is 2.18. The van der Waals surface area contributed by atoms with Crippen LogP contribution in [-0.2, 0) is 10.0 Å². The molecular weight excluding hydrogens is 262 g/mol. The molecule has 2 N–H and O–H groups in total. The minimum atomic E-state index is -3.68. The Labute approximate surface area is 116 Å². The molecule has 0 aliphatic heterocycles. The zero-order valence-corrected chi connectivity index (χ0v) is 12.9. The molecule has 0 unspecified atom stereocenters. The number of benzene rings is 1. The average molecular weight is 285 g/mol. The van der Waals surface area contributed by atoms with Gasteiger partial charge in [-0.05, 0) is 49.9 Å². The van der Waals surface area contributed by atoms with E-state index in [1.807, 2.05) is 13.8 Å². The van der Waals surface area contributed by atoms with Gasteiger partial charge in [0, 0.05) is 0 Å². The van der Waals surface area contributed by atoms with Crippen LogP contribution in [0.3, 0.4) is 0 Å². The van der Waals surface area contributed by atoms with Crippen LogP contribution in [0, 0.1) is 20.8 Å². The second-order valence-electron chi connectivity index (χ2n) is 4.87. The molecule has 108 valence electrons. The van der Waals surface area contributed by atoms with Gasteiger partial charge in [-0.25, -0.2) is 13.6 Å². The van der Waals surface area contributed by atoms with Crippen LogP contribution in [0.4, 0.5) is 0 Å². The molecule has 0 radical (unpaired) electrons. The molecule has 0 atom stereocenters. The maximum atomic E-state index is 11.5. The van der Waals surface area contributed by atoms with E-state index in [0.717, 1.165) is 36.1 Å². The van der Waals surface area contributed by atoms with Gasteiger partial charge < -0.3 is 4.74 Å². The highest BCUT2D eigenvalue weighted by Crippen LogP contribution is 2.30. The van der Waals surface area contributed by atoms with Gasteiger partial charge in [-0.1, -0.05) is 19.8 Å². The van der Waals surface area contributed by atoms with E-state index in [4.69, 9.17) is 9.88 Å². The van der Waals surface area contributed by atoms with Crippen LogP contribution in [0.2, 0.25) is 0 Å². The first-order valence-electron chi connectivity index (χ1n) is 6.55. The van der Waals surface area contributed by atoms with E-state index in [0.29, 0.717) is 12.2 Å². The van der Waals surface area contributed by atoms with E-state index in [1.165, 1.54) is 0 Å². The van der Waals surface area contributed by atoms with Gasteiger partial charge in [0.25, 0.3) is 0 Å². The summed E-state index contributed by atoms with van der Waals surface area (Å²) in [6.45, 7) is 8.26. The van der Waals surface area contributed by atoms with Crippen molar-refractivity contribution >= 4 is 10.0 Å². The molecule has 0 heterocycles. The molecule has 1 rings (SSSR count). The van der Waals surface area contributed by atoms with Gasteiger partial charge in [0.1, 0.15) is 5.75 Å². The molecule has 0 spiro atoms.